The van der Waals surface area contributed by atoms with E-state index < -0.39 is 18.1 Å². The van der Waals surface area contributed by atoms with Crippen LogP contribution >= 0.6 is 0 Å². The Kier molecular flexibility index (Phi) is 6.75. The molecule has 7 nitrogen and oxygen atoms in total. The summed E-state index contributed by atoms with van der Waals surface area (Å²) in [4.78, 5) is 16.1. The molecule has 1 N–H and O–H groups in total. The van der Waals surface area contributed by atoms with Crippen LogP contribution in [0.3, 0.4) is 0 Å². The van der Waals surface area contributed by atoms with Gasteiger partial charge in [0.05, 0.1) is 5.69 Å². The van der Waals surface area contributed by atoms with E-state index in [4.69, 9.17) is 4.74 Å². The van der Waals surface area contributed by atoms with Crippen molar-refractivity contribution in [3.63, 3.8) is 0 Å². The average molecular weight is 460 g/mol. The van der Waals surface area contributed by atoms with Gasteiger partial charge in [-0.25, -0.2) is 14.5 Å². The lowest BCUT2D eigenvalue weighted by Gasteiger charge is -2.19. The molecule has 2 aromatic carbocycles. The average Bonchev–Trinajstić information content (AvgIpc) is 3.18. The first-order valence-corrected chi connectivity index (χ1v) is 9.94. The lowest BCUT2D eigenvalue weighted by atomic mass is 10.1. The summed E-state index contributed by atoms with van der Waals surface area (Å²) in [5, 5.41) is 7.04. The second kappa shape index (κ2) is 9.35. The summed E-state index contributed by atoms with van der Waals surface area (Å²) in [6, 6.07) is 12.5. The molecular formula is C23H23F3N4O3. The molecule has 174 valence electrons. The van der Waals surface area contributed by atoms with Gasteiger partial charge in [-0.2, -0.15) is 0 Å². The molecule has 10 heteroatoms. The molecule has 0 aliphatic heterocycles. The Balaban J connectivity index is 1.66. The third-order valence-electron chi connectivity index (χ3n) is 4.12. The van der Waals surface area contributed by atoms with Crippen LogP contribution in [0.2, 0.25) is 0 Å². The predicted molar refractivity (Wildman–Crippen MR) is 118 cm³/mol. The monoisotopic (exact) mass is 460 g/mol. The predicted octanol–water partition coefficient (Wildman–Crippen LogP) is 6.07. The van der Waals surface area contributed by atoms with Gasteiger partial charge in [0.1, 0.15) is 17.7 Å². The van der Waals surface area contributed by atoms with E-state index >= 15 is 0 Å². The van der Waals surface area contributed by atoms with Gasteiger partial charge in [-0.05, 0) is 81.3 Å². The van der Waals surface area contributed by atoms with E-state index in [-0.39, 0.29) is 5.75 Å². The van der Waals surface area contributed by atoms with E-state index in [2.05, 4.69) is 20.1 Å². The van der Waals surface area contributed by atoms with Crippen LogP contribution < -0.4 is 10.1 Å². The number of carbonyl (C=O) groups is 1. The van der Waals surface area contributed by atoms with Crippen LogP contribution in [0.1, 0.15) is 39.1 Å². The van der Waals surface area contributed by atoms with Crippen LogP contribution in [0.25, 0.3) is 17.3 Å². The number of alkyl halides is 3. The third-order valence-corrected chi connectivity index (χ3v) is 4.12. The zero-order valence-electron chi connectivity index (χ0n) is 18.5. The van der Waals surface area contributed by atoms with Gasteiger partial charge in [-0.3, -0.25) is 5.32 Å². The Morgan fingerprint density at radius 3 is 2.24 bits per heavy atom. The Labute approximate surface area is 188 Å². The summed E-state index contributed by atoms with van der Waals surface area (Å²) in [5.74, 6) is 0.147. The molecule has 0 aliphatic rings. The number of aromatic nitrogens is 3. The van der Waals surface area contributed by atoms with Gasteiger partial charge in [0.15, 0.2) is 5.82 Å². The number of ether oxygens (including phenoxy) is 2. The fraction of sp³-hybridized carbons (Fsp3) is 0.261. The number of benzene rings is 2. The Morgan fingerprint density at radius 1 is 1.03 bits per heavy atom. The molecule has 3 aromatic rings. The third kappa shape index (κ3) is 7.37. The van der Waals surface area contributed by atoms with E-state index in [1.54, 1.807) is 32.9 Å². The summed E-state index contributed by atoms with van der Waals surface area (Å²) in [5.41, 5.74) is 2.19. The molecule has 0 atom stereocenters. The second-order valence-electron chi connectivity index (χ2n) is 8.13. The van der Waals surface area contributed by atoms with Crippen molar-refractivity contribution >= 4 is 23.4 Å². The van der Waals surface area contributed by atoms with E-state index in [0.29, 0.717) is 17.2 Å². The van der Waals surface area contributed by atoms with Crippen molar-refractivity contribution in [3.05, 3.63) is 66.2 Å². The van der Waals surface area contributed by atoms with Gasteiger partial charge in [-0.15, -0.1) is 18.3 Å². The minimum Gasteiger partial charge on any atom is -0.444 e. The van der Waals surface area contributed by atoms with Crippen molar-refractivity contribution < 1.29 is 27.4 Å². The Hall–Kier alpha value is -3.82. The van der Waals surface area contributed by atoms with Crippen molar-refractivity contribution in [1.82, 2.24) is 14.8 Å². The van der Waals surface area contributed by atoms with Gasteiger partial charge in [0.25, 0.3) is 0 Å². The van der Waals surface area contributed by atoms with Crippen LogP contribution in [0, 0.1) is 0 Å². The number of anilines is 1. The topological polar surface area (TPSA) is 78.3 Å². The number of rotatable bonds is 5. The van der Waals surface area contributed by atoms with E-state index in [9.17, 15) is 18.0 Å². The molecule has 0 bridgehead atoms. The number of carbonyl (C=O) groups excluding carboxylic acids is 1. The molecule has 0 saturated heterocycles. The van der Waals surface area contributed by atoms with Crippen LogP contribution in [-0.2, 0) is 4.74 Å². The second-order valence-corrected chi connectivity index (χ2v) is 8.13. The molecular weight excluding hydrogens is 437 g/mol. The minimum atomic E-state index is -4.74. The largest absolute Gasteiger partial charge is 0.573 e. The van der Waals surface area contributed by atoms with Crippen molar-refractivity contribution in [3.8, 4) is 11.4 Å². The zero-order valence-corrected chi connectivity index (χ0v) is 18.5. The lowest BCUT2D eigenvalue weighted by molar-refractivity contribution is -0.274. The summed E-state index contributed by atoms with van der Waals surface area (Å²) in [6.07, 6.45) is -1.93. The lowest BCUT2D eigenvalue weighted by Crippen LogP contribution is -2.27. The number of nitrogens with one attached hydrogen (secondary N) is 1. The van der Waals surface area contributed by atoms with Crippen LogP contribution in [0.15, 0.2) is 54.9 Å². The van der Waals surface area contributed by atoms with Gasteiger partial charge in [0.2, 0.25) is 0 Å². The quantitative estimate of drug-likeness (QED) is 0.500. The van der Waals surface area contributed by atoms with E-state index in [0.717, 1.165) is 11.1 Å². The number of hydrogen-bond acceptors (Lipinski definition) is 5. The Morgan fingerprint density at radius 2 is 1.67 bits per heavy atom. The fourth-order valence-corrected chi connectivity index (χ4v) is 2.77. The summed E-state index contributed by atoms with van der Waals surface area (Å²) in [7, 11) is 0. The first kappa shape index (κ1) is 23.8. The minimum absolute atomic E-state index is 0.313. The molecule has 0 fully saturated rings. The first-order valence-electron chi connectivity index (χ1n) is 9.94. The van der Waals surface area contributed by atoms with Crippen LogP contribution in [0.4, 0.5) is 23.7 Å². The highest BCUT2D eigenvalue weighted by molar-refractivity contribution is 5.85. The fourth-order valence-electron chi connectivity index (χ4n) is 2.77. The highest BCUT2D eigenvalue weighted by Gasteiger charge is 2.31. The molecule has 0 aliphatic carbocycles. The first-order chi connectivity index (χ1) is 15.4. The highest BCUT2D eigenvalue weighted by atomic mass is 19.4. The van der Waals surface area contributed by atoms with E-state index in [1.165, 1.54) is 35.3 Å². The molecule has 0 spiro atoms. The zero-order chi connectivity index (χ0) is 24.2. The molecule has 0 unspecified atom stereocenters. The van der Waals surface area contributed by atoms with Gasteiger partial charge >= 0.3 is 12.5 Å². The maximum Gasteiger partial charge on any atom is 0.573 e. The molecule has 1 aromatic heterocycles. The smallest absolute Gasteiger partial charge is 0.444 e. The van der Waals surface area contributed by atoms with Crippen molar-refractivity contribution in [2.24, 2.45) is 0 Å². The van der Waals surface area contributed by atoms with Crippen LogP contribution in [-0.4, -0.2) is 32.8 Å². The maximum absolute atomic E-state index is 12.3. The van der Waals surface area contributed by atoms with Gasteiger partial charge in [-0.1, -0.05) is 12.1 Å². The number of allylic oxidation sites excluding steroid dienone is 1. The Bertz CT molecular complexity index is 1130. The molecule has 1 heterocycles. The number of amides is 1. The van der Waals surface area contributed by atoms with Gasteiger partial charge in [0, 0.05) is 5.69 Å². The summed E-state index contributed by atoms with van der Waals surface area (Å²) in [6.45, 7) is 7.20. The standard InChI is InChI=1S/C23H23F3N4O3/c1-15(13-16-5-7-17(8-6-16)28-21(31)33-22(2,3)4)20-27-14-30(29-20)18-9-11-19(12-10-18)32-23(24,25)26/h5-14H,1-4H3,(H,28,31)/b15-13+. The van der Waals surface area contributed by atoms with Crippen LogP contribution in [0.5, 0.6) is 5.75 Å². The normalized spacial score (nSPS) is 12.4. The molecule has 0 radical (unpaired) electrons. The molecule has 3 rings (SSSR count). The highest BCUT2D eigenvalue weighted by Crippen LogP contribution is 2.24. The number of halogens is 3. The van der Waals surface area contributed by atoms with Gasteiger partial charge < -0.3 is 9.47 Å². The van der Waals surface area contributed by atoms with Crippen molar-refractivity contribution in [1.29, 1.82) is 0 Å². The summed E-state index contributed by atoms with van der Waals surface area (Å²) >= 11 is 0. The van der Waals surface area contributed by atoms with Crippen molar-refractivity contribution in [2.45, 2.75) is 39.7 Å². The maximum atomic E-state index is 12.3. The summed E-state index contributed by atoms with van der Waals surface area (Å²) < 4.78 is 47.4. The molecule has 0 saturated carbocycles. The van der Waals surface area contributed by atoms with Crippen molar-refractivity contribution in [2.75, 3.05) is 5.32 Å². The molecule has 33 heavy (non-hydrogen) atoms. The molecule has 1 amide bonds. The SMILES string of the molecule is C/C(=C\c1ccc(NC(=O)OC(C)(C)C)cc1)c1ncn(-c2ccc(OC(F)(F)F)cc2)n1. The number of nitrogens with zero attached hydrogens (tertiary/aromatic N) is 3. The number of hydrogen-bond donors (Lipinski definition) is 1. The van der Waals surface area contributed by atoms with E-state index in [1.807, 2.05) is 25.1 Å².